The summed E-state index contributed by atoms with van der Waals surface area (Å²) < 4.78 is 7.48. The number of furan rings is 1. The molecule has 3 rings (SSSR count). The minimum Gasteiger partial charge on any atom is -0.467 e. The number of hydrogen-bond acceptors (Lipinski definition) is 3. The average Bonchev–Trinajstić information content (AvgIpc) is 3.01. The van der Waals surface area contributed by atoms with Gasteiger partial charge in [0.05, 0.1) is 23.6 Å². The van der Waals surface area contributed by atoms with E-state index in [4.69, 9.17) is 10.2 Å². The Labute approximate surface area is 98.7 Å². The first kappa shape index (κ1) is 10.1. The third kappa shape index (κ3) is 1.62. The fraction of sp³-hybridized carbons (Fsp3) is 0.154. The average molecular weight is 227 g/mol. The van der Waals surface area contributed by atoms with Gasteiger partial charge >= 0.3 is 0 Å². The molecule has 0 saturated heterocycles. The first-order valence-corrected chi connectivity index (χ1v) is 5.55. The maximum Gasteiger partial charge on any atom is 0.127 e. The van der Waals surface area contributed by atoms with E-state index in [1.54, 1.807) is 6.26 Å². The molecule has 0 fully saturated rings. The lowest BCUT2D eigenvalue weighted by atomic mass is 10.2. The molecule has 17 heavy (non-hydrogen) atoms. The third-order valence-electron chi connectivity index (χ3n) is 2.91. The predicted molar refractivity (Wildman–Crippen MR) is 65.6 cm³/mol. The molecule has 0 aliphatic carbocycles. The van der Waals surface area contributed by atoms with Crippen molar-refractivity contribution in [3.05, 3.63) is 54.7 Å². The molecule has 86 valence electrons. The van der Waals surface area contributed by atoms with Crippen LogP contribution in [0.4, 0.5) is 0 Å². The van der Waals surface area contributed by atoms with Crippen LogP contribution in [0, 0.1) is 0 Å². The molecule has 3 aromatic rings. The molecule has 2 heterocycles. The van der Waals surface area contributed by atoms with Crippen molar-refractivity contribution in [2.24, 2.45) is 5.73 Å². The van der Waals surface area contributed by atoms with Gasteiger partial charge in [0.2, 0.25) is 0 Å². The van der Waals surface area contributed by atoms with Crippen molar-refractivity contribution >= 4 is 11.0 Å². The Hall–Kier alpha value is -2.07. The Bertz CT molecular complexity index is 612. The van der Waals surface area contributed by atoms with Gasteiger partial charge in [-0.1, -0.05) is 12.1 Å². The standard InChI is InChI=1S/C13H13N3O/c14-8-12(13-6-3-7-17-13)16-9-15-10-4-1-2-5-11(10)16/h1-7,9,12H,8,14H2. The van der Waals surface area contributed by atoms with Gasteiger partial charge in [0.25, 0.3) is 0 Å². The van der Waals surface area contributed by atoms with Gasteiger partial charge in [0.15, 0.2) is 0 Å². The smallest absolute Gasteiger partial charge is 0.127 e. The van der Waals surface area contributed by atoms with E-state index in [0.717, 1.165) is 16.8 Å². The number of benzene rings is 1. The maximum atomic E-state index is 5.84. The predicted octanol–water partition coefficient (Wildman–Crippen LogP) is 2.18. The summed E-state index contributed by atoms with van der Waals surface area (Å²) in [6.45, 7) is 0.480. The van der Waals surface area contributed by atoms with E-state index >= 15 is 0 Å². The molecule has 0 radical (unpaired) electrons. The maximum absolute atomic E-state index is 5.84. The minimum absolute atomic E-state index is 0.00241. The summed E-state index contributed by atoms with van der Waals surface area (Å²) in [7, 11) is 0. The van der Waals surface area contributed by atoms with Crippen LogP contribution in [0.25, 0.3) is 11.0 Å². The second kappa shape index (κ2) is 4.07. The topological polar surface area (TPSA) is 57.0 Å². The van der Waals surface area contributed by atoms with Crippen molar-refractivity contribution in [3.63, 3.8) is 0 Å². The molecule has 0 bridgehead atoms. The second-order valence-electron chi connectivity index (χ2n) is 3.91. The first-order valence-electron chi connectivity index (χ1n) is 5.55. The van der Waals surface area contributed by atoms with Gasteiger partial charge in [-0.2, -0.15) is 0 Å². The van der Waals surface area contributed by atoms with Crippen molar-refractivity contribution < 1.29 is 4.42 Å². The molecule has 0 amide bonds. The number of para-hydroxylation sites is 2. The van der Waals surface area contributed by atoms with Gasteiger partial charge in [-0.25, -0.2) is 4.98 Å². The Balaban J connectivity index is 2.13. The van der Waals surface area contributed by atoms with Crippen molar-refractivity contribution in [2.45, 2.75) is 6.04 Å². The van der Waals surface area contributed by atoms with Gasteiger partial charge in [0, 0.05) is 6.54 Å². The van der Waals surface area contributed by atoms with Gasteiger partial charge in [-0.3, -0.25) is 0 Å². The van der Waals surface area contributed by atoms with Crippen LogP contribution in [0.1, 0.15) is 11.8 Å². The minimum atomic E-state index is -0.00241. The quantitative estimate of drug-likeness (QED) is 0.746. The summed E-state index contributed by atoms with van der Waals surface area (Å²) >= 11 is 0. The molecule has 4 nitrogen and oxygen atoms in total. The van der Waals surface area contributed by atoms with E-state index in [1.165, 1.54) is 0 Å². The Kier molecular flexibility index (Phi) is 2.42. The fourth-order valence-electron chi connectivity index (χ4n) is 2.07. The SMILES string of the molecule is NCC(c1ccco1)n1cnc2ccccc21. The number of rotatable bonds is 3. The van der Waals surface area contributed by atoms with Gasteiger partial charge in [0.1, 0.15) is 11.8 Å². The zero-order chi connectivity index (χ0) is 11.7. The molecule has 2 aromatic heterocycles. The highest BCUT2D eigenvalue weighted by Crippen LogP contribution is 2.22. The molecule has 0 aliphatic heterocycles. The highest BCUT2D eigenvalue weighted by molar-refractivity contribution is 5.75. The number of imidazole rings is 1. The van der Waals surface area contributed by atoms with E-state index in [0.29, 0.717) is 6.54 Å². The van der Waals surface area contributed by atoms with E-state index in [9.17, 15) is 0 Å². The number of nitrogens with two attached hydrogens (primary N) is 1. The van der Waals surface area contributed by atoms with Crippen molar-refractivity contribution in [2.75, 3.05) is 6.54 Å². The van der Waals surface area contributed by atoms with Gasteiger partial charge in [-0.15, -0.1) is 0 Å². The zero-order valence-electron chi connectivity index (χ0n) is 9.28. The molecule has 1 unspecified atom stereocenters. The molecule has 1 aromatic carbocycles. The number of hydrogen-bond donors (Lipinski definition) is 1. The monoisotopic (exact) mass is 227 g/mol. The van der Waals surface area contributed by atoms with Crippen LogP contribution < -0.4 is 5.73 Å². The normalized spacial score (nSPS) is 13.0. The summed E-state index contributed by atoms with van der Waals surface area (Å²) in [6.07, 6.45) is 3.47. The van der Waals surface area contributed by atoms with E-state index in [2.05, 4.69) is 4.98 Å². The Morgan fingerprint density at radius 2 is 2.12 bits per heavy atom. The molecular formula is C13H13N3O. The summed E-state index contributed by atoms with van der Waals surface area (Å²) in [5.41, 5.74) is 7.88. The van der Waals surface area contributed by atoms with Crippen LogP contribution in [0.15, 0.2) is 53.4 Å². The van der Waals surface area contributed by atoms with Crippen molar-refractivity contribution in [3.8, 4) is 0 Å². The van der Waals surface area contributed by atoms with Crippen LogP contribution in [0.5, 0.6) is 0 Å². The second-order valence-corrected chi connectivity index (χ2v) is 3.91. The van der Waals surface area contributed by atoms with Crippen LogP contribution in [-0.2, 0) is 0 Å². The number of fused-ring (bicyclic) bond motifs is 1. The van der Waals surface area contributed by atoms with Crippen molar-refractivity contribution in [1.29, 1.82) is 0 Å². The van der Waals surface area contributed by atoms with Crippen molar-refractivity contribution in [1.82, 2.24) is 9.55 Å². The molecule has 1 atom stereocenters. The molecule has 2 N–H and O–H groups in total. The summed E-state index contributed by atoms with van der Waals surface area (Å²) in [5, 5.41) is 0. The first-order chi connectivity index (χ1) is 8.40. The lowest BCUT2D eigenvalue weighted by Gasteiger charge is -2.14. The molecule has 0 saturated carbocycles. The highest BCUT2D eigenvalue weighted by Gasteiger charge is 2.16. The number of nitrogens with zero attached hydrogens (tertiary/aromatic N) is 2. The highest BCUT2D eigenvalue weighted by atomic mass is 16.3. The van der Waals surface area contributed by atoms with Gasteiger partial charge in [-0.05, 0) is 24.3 Å². The van der Waals surface area contributed by atoms with Crippen LogP contribution in [0.2, 0.25) is 0 Å². The van der Waals surface area contributed by atoms with Crippen LogP contribution in [-0.4, -0.2) is 16.1 Å². The van der Waals surface area contributed by atoms with E-state index in [-0.39, 0.29) is 6.04 Å². The lowest BCUT2D eigenvalue weighted by Crippen LogP contribution is -2.19. The van der Waals surface area contributed by atoms with E-state index in [1.807, 2.05) is 47.3 Å². The Morgan fingerprint density at radius 1 is 1.24 bits per heavy atom. The lowest BCUT2D eigenvalue weighted by molar-refractivity contribution is 0.437. The van der Waals surface area contributed by atoms with Crippen LogP contribution in [0.3, 0.4) is 0 Å². The van der Waals surface area contributed by atoms with E-state index < -0.39 is 0 Å². The summed E-state index contributed by atoms with van der Waals surface area (Å²) in [4.78, 5) is 4.36. The summed E-state index contributed by atoms with van der Waals surface area (Å²) in [5.74, 6) is 0.857. The molecule has 0 spiro atoms. The largest absolute Gasteiger partial charge is 0.467 e. The molecule has 0 aliphatic rings. The summed E-state index contributed by atoms with van der Waals surface area (Å²) in [6, 6.07) is 11.8. The van der Waals surface area contributed by atoms with Crippen LogP contribution >= 0.6 is 0 Å². The third-order valence-corrected chi connectivity index (χ3v) is 2.91. The molecular weight excluding hydrogens is 214 g/mol. The fourth-order valence-corrected chi connectivity index (χ4v) is 2.07. The number of aromatic nitrogens is 2. The molecule has 4 heteroatoms. The zero-order valence-corrected chi connectivity index (χ0v) is 9.28. The Morgan fingerprint density at radius 3 is 2.88 bits per heavy atom. The van der Waals surface area contributed by atoms with Gasteiger partial charge < -0.3 is 14.7 Å².